The molecule has 0 spiro atoms. The molecule has 0 heterocycles. The number of sulfone groups is 1. The van der Waals surface area contributed by atoms with Crippen LogP contribution in [0.5, 0.6) is 0 Å². The number of anilines is 1. The van der Waals surface area contributed by atoms with Crippen LogP contribution in [0.25, 0.3) is 0 Å². The number of rotatable bonds is 3. The molecule has 0 saturated heterocycles. The molecule has 2 N–H and O–H groups in total. The highest BCUT2D eigenvalue weighted by Gasteiger charge is 2.25. The van der Waals surface area contributed by atoms with Gasteiger partial charge in [0, 0.05) is 10.7 Å². The molecule has 2 aromatic carbocycles. The van der Waals surface area contributed by atoms with Gasteiger partial charge in [-0.1, -0.05) is 23.7 Å². The Morgan fingerprint density at radius 2 is 1.71 bits per heavy atom. The molecule has 2 aromatic rings. The quantitative estimate of drug-likeness (QED) is 0.876. The van der Waals surface area contributed by atoms with Crippen LogP contribution in [0.2, 0.25) is 5.02 Å². The lowest BCUT2D eigenvalue weighted by Crippen LogP contribution is -2.11. The lowest BCUT2D eigenvalue weighted by atomic mass is 10.2. The highest BCUT2D eigenvalue weighted by Crippen LogP contribution is 2.27. The Balaban J connectivity index is 2.48. The zero-order valence-electron chi connectivity index (χ0n) is 11.0. The van der Waals surface area contributed by atoms with Gasteiger partial charge in [0.25, 0.3) is 0 Å². The third kappa shape index (κ3) is 3.33. The molecule has 3 nitrogen and oxygen atoms in total. The van der Waals surface area contributed by atoms with Crippen molar-refractivity contribution >= 4 is 27.1 Å². The predicted octanol–water partition coefficient (Wildman–Crippen LogP) is 3.48. The van der Waals surface area contributed by atoms with Gasteiger partial charge in [-0.05, 0) is 36.2 Å². The Bertz CT molecular complexity index is 784. The minimum absolute atomic E-state index is 0.183. The number of hydrogen-bond acceptors (Lipinski definition) is 3. The Labute approximate surface area is 126 Å². The summed E-state index contributed by atoms with van der Waals surface area (Å²) in [5, 5.41) is 0.231. The van der Waals surface area contributed by atoms with Gasteiger partial charge >= 0.3 is 0 Å². The molecule has 2 rings (SSSR count). The second-order valence-electron chi connectivity index (χ2n) is 4.67. The van der Waals surface area contributed by atoms with Gasteiger partial charge in [0.1, 0.15) is 16.5 Å². The summed E-state index contributed by atoms with van der Waals surface area (Å²) < 4.78 is 51.9. The molecule has 7 heteroatoms. The third-order valence-corrected chi connectivity index (χ3v) is 4.94. The molecule has 0 unspecified atom stereocenters. The Morgan fingerprint density at radius 3 is 2.24 bits per heavy atom. The third-order valence-electron chi connectivity index (χ3n) is 2.89. The lowest BCUT2D eigenvalue weighted by molar-refractivity contribution is 0.520. The van der Waals surface area contributed by atoms with Crippen molar-refractivity contribution in [3.05, 3.63) is 58.1 Å². The fourth-order valence-corrected chi connectivity index (χ4v) is 3.82. The van der Waals surface area contributed by atoms with Crippen LogP contribution in [0, 0.1) is 18.6 Å². The smallest absolute Gasteiger partial charge is 0.188 e. The predicted molar refractivity (Wildman–Crippen MR) is 77.8 cm³/mol. The normalized spacial score (nSPS) is 11.6. The SMILES string of the molecule is Cc1ccc(CS(=O)(=O)c2c(F)cc(N)cc2F)c(Cl)c1. The van der Waals surface area contributed by atoms with E-state index >= 15 is 0 Å². The summed E-state index contributed by atoms with van der Waals surface area (Å²) in [7, 11) is -4.22. The lowest BCUT2D eigenvalue weighted by Gasteiger charge is -2.09. The van der Waals surface area contributed by atoms with Crippen molar-refractivity contribution in [1.29, 1.82) is 0 Å². The van der Waals surface area contributed by atoms with Gasteiger partial charge in [-0.15, -0.1) is 0 Å². The van der Waals surface area contributed by atoms with Crippen molar-refractivity contribution in [2.45, 2.75) is 17.6 Å². The van der Waals surface area contributed by atoms with Gasteiger partial charge in [0.05, 0.1) is 5.75 Å². The zero-order chi connectivity index (χ0) is 15.8. The number of hydrogen-bond donors (Lipinski definition) is 1. The van der Waals surface area contributed by atoms with Crippen molar-refractivity contribution in [3.63, 3.8) is 0 Å². The Kier molecular flexibility index (Phi) is 4.20. The molecule has 0 fully saturated rings. The van der Waals surface area contributed by atoms with Crippen LogP contribution in [-0.4, -0.2) is 8.42 Å². The van der Waals surface area contributed by atoms with Gasteiger partial charge in [0.2, 0.25) is 0 Å². The van der Waals surface area contributed by atoms with Gasteiger partial charge in [-0.25, -0.2) is 17.2 Å². The summed E-state index contributed by atoms with van der Waals surface area (Å²) in [5.41, 5.74) is 6.21. The van der Waals surface area contributed by atoms with Crippen molar-refractivity contribution in [2.24, 2.45) is 0 Å². The molecule has 0 saturated carbocycles. The molecular formula is C14H12ClF2NO2S. The summed E-state index contributed by atoms with van der Waals surface area (Å²) in [5.74, 6) is -3.02. The molecule has 112 valence electrons. The first-order valence-corrected chi connectivity index (χ1v) is 7.96. The van der Waals surface area contributed by atoms with Crippen LogP contribution in [0.4, 0.5) is 14.5 Å². The van der Waals surface area contributed by atoms with Crippen LogP contribution >= 0.6 is 11.6 Å². The van der Waals surface area contributed by atoms with Crippen molar-refractivity contribution in [1.82, 2.24) is 0 Å². The van der Waals surface area contributed by atoms with Crippen LogP contribution in [0.15, 0.2) is 35.2 Å². The van der Waals surface area contributed by atoms with E-state index in [-0.39, 0.29) is 16.3 Å². The summed E-state index contributed by atoms with van der Waals surface area (Å²) in [6, 6.07) is 6.32. The van der Waals surface area contributed by atoms with Crippen LogP contribution in [0.1, 0.15) is 11.1 Å². The van der Waals surface area contributed by atoms with Crippen LogP contribution in [-0.2, 0) is 15.6 Å². The number of aryl methyl sites for hydroxylation is 1. The second-order valence-corrected chi connectivity index (χ2v) is 7.00. The van der Waals surface area contributed by atoms with Gasteiger partial charge < -0.3 is 5.73 Å². The maximum Gasteiger partial charge on any atom is 0.188 e. The monoisotopic (exact) mass is 331 g/mol. The van der Waals surface area contributed by atoms with E-state index in [0.717, 1.165) is 17.7 Å². The summed E-state index contributed by atoms with van der Waals surface area (Å²) in [6.07, 6.45) is 0. The first-order valence-electron chi connectivity index (χ1n) is 5.93. The molecule has 21 heavy (non-hydrogen) atoms. The maximum absolute atomic E-state index is 13.7. The molecule has 0 radical (unpaired) electrons. The molecule has 0 amide bonds. The fraction of sp³-hybridized carbons (Fsp3) is 0.143. The zero-order valence-corrected chi connectivity index (χ0v) is 12.6. The average molecular weight is 332 g/mol. The van der Waals surface area contributed by atoms with E-state index in [4.69, 9.17) is 17.3 Å². The standard InChI is InChI=1S/C14H12ClF2NO2S/c1-8-2-3-9(11(15)4-8)7-21(19,20)14-12(16)5-10(18)6-13(14)17/h2-6H,7,18H2,1H3. The molecule has 0 aliphatic heterocycles. The molecule has 0 aromatic heterocycles. The maximum atomic E-state index is 13.7. The molecule has 0 atom stereocenters. The fourth-order valence-electron chi connectivity index (χ4n) is 1.92. The Morgan fingerprint density at radius 1 is 1.14 bits per heavy atom. The highest BCUT2D eigenvalue weighted by molar-refractivity contribution is 7.90. The van der Waals surface area contributed by atoms with E-state index in [2.05, 4.69) is 0 Å². The van der Waals surface area contributed by atoms with Crippen molar-refractivity contribution < 1.29 is 17.2 Å². The van der Waals surface area contributed by atoms with E-state index in [1.54, 1.807) is 19.1 Å². The van der Waals surface area contributed by atoms with E-state index < -0.39 is 32.1 Å². The molecule has 0 aliphatic carbocycles. The van der Waals surface area contributed by atoms with Crippen molar-refractivity contribution in [3.8, 4) is 0 Å². The minimum atomic E-state index is -4.22. The van der Waals surface area contributed by atoms with E-state index in [1.165, 1.54) is 6.07 Å². The molecule has 0 aliphatic rings. The summed E-state index contributed by atoms with van der Waals surface area (Å²) >= 11 is 5.96. The van der Waals surface area contributed by atoms with Gasteiger partial charge in [-0.2, -0.15) is 0 Å². The first-order chi connectivity index (χ1) is 9.70. The number of halogens is 3. The molecular weight excluding hydrogens is 320 g/mol. The minimum Gasteiger partial charge on any atom is -0.399 e. The topological polar surface area (TPSA) is 60.2 Å². The van der Waals surface area contributed by atoms with E-state index in [0.29, 0.717) is 0 Å². The number of benzene rings is 2. The van der Waals surface area contributed by atoms with E-state index in [1.807, 2.05) is 0 Å². The van der Waals surface area contributed by atoms with E-state index in [9.17, 15) is 17.2 Å². The Hall–Kier alpha value is -1.66. The number of nitrogens with two attached hydrogens (primary N) is 1. The van der Waals surface area contributed by atoms with Crippen LogP contribution < -0.4 is 5.73 Å². The van der Waals surface area contributed by atoms with Gasteiger partial charge in [0.15, 0.2) is 9.84 Å². The largest absolute Gasteiger partial charge is 0.399 e. The summed E-state index contributed by atoms with van der Waals surface area (Å²) in [4.78, 5) is -0.992. The summed E-state index contributed by atoms with van der Waals surface area (Å²) in [6.45, 7) is 1.80. The molecule has 0 bridgehead atoms. The second kappa shape index (κ2) is 5.61. The van der Waals surface area contributed by atoms with Crippen molar-refractivity contribution in [2.75, 3.05) is 5.73 Å². The first kappa shape index (κ1) is 15.7. The average Bonchev–Trinajstić information content (AvgIpc) is 2.30. The number of nitrogen functional groups attached to an aromatic ring is 1. The van der Waals surface area contributed by atoms with Crippen LogP contribution in [0.3, 0.4) is 0 Å². The highest BCUT2D eigenvalue weighted by atomic mass is 35.5. The van der Waals surface area contributed by atoms with Gasteiger partial charge in [-0.3, -0.25) is 0 Å².